The van der Waals surface area contributed by atoms with Crippen LogP contribution in [0, 0.1) is 18.7 Å². The van der Waals surface area contributed by atoms with E-state index in [1.54, 1.807) is 6.07 Å². The molecule has 2 rings (SSSR count). The number of nitrogens with one attached hydrogen (secondary N) is 1. The van der Waals surface area contributed by atoms with Gasteiger partial charge in [0, 0.05) is 13.1 Å². The first-order chi connectivity index (χ1) is 9.52. The molecular formula is C17H26FNO. The second-order valence-corrected chi connectivity index (χ2v) is 6.25. The predicted molar refractivity (Wildman–Crippen MR) is 80.0 cm³/mol. The van der Waals surface area contributed by atoms with E-state index >= 15 is 0 Å². The van der Waals surface area contributed by atoms with Crippen LogP contribution >= 0.6 is 0 Å². The second kappa shape index (κ2) is 6.68. The van der Waals surface area contributed by atoms with Crippen LogP contribution in [-0.2, 0) is 6.54 Å². The van der Waals surface area contributed by atoms with E-state index in [0.717, 1.165) is 42.7 Å². The molecule has 0 atom stereocenters. The van der Waals surface area contributed by atoms with Gasteiger partial charge in [0.15, 0.2) is 0 Å². The maximum absolute atomic E-state index is 13.0. The van der Waals surface area contributed by atoms with Crippen molar-refractivity contribution in [3.8, 4) is 0 Å². The highest BCUT2D eigenvalue weighted by atomic mass is 19.1. The van der Waals surface area contributed by atoms with Crippen LogP contribution in [0.3, 0.4) is 0 Å². The zero-order valence-electron chi connectivity index (χ0n) is 12.6. The quantitative estimate of drug-likeness (QED) is 0.864. The molecule has 0 bridgehead atoms. The second-order valence-electron chi connectivity index (χ2n) is 6.25. The van der Waals surface area contributed by atoms with Gasteiger partial charge >= 0.3 is 0 Å². The van der Waals surface area contributed by atoms with Crippen molar-refractivity contribution in [1.29, 1.82) is 0 Å². The number of rotatable bonds is 5. The van der Waals surface area contributed by atoms with Gasteiger partial charge in [-0.2, -0.15) is 0 Å². The fourth-order valence-corrected chi connectivity index (χ4v) is 3.09. The number of hydrogen-bond acceptors (Lipinski definition) is 2. The van der Waals surface area contributed by atoms with Gasteiger partial charge in [0.2, 0.25) is 0 Å². The van der Waals surface area contributed by atoms with Gasteiger partial charge in [0.05, 0.1) is 5.60 Å². The minimum absolute atomic E-state index is 0.192. The lowest BCUT2D eigenvalue weighted by atomic mass is 9.78. The Balaban J connectivity index is 1.80. The van der Waals surface area contributed by atoms with Gasteiger partial charge in [0.25, 0.3) is 0 Å². The van der Waals surface area contributed by atoms with Crippen LogP contribution in [0.1, 0.15) is 50.2 Å². The molecule has 1 aromatic carbocycles. The molecule has 2 nitrogen and oxygen atoms in total. The molecule has 112 valence electrons. The average molecular weight is 279 g/mol. The lowest BCUT2D eigenvalue weighted by Gasteiger charge is -2.36. The first-order valence-corrected chi connectivity index (χ1v) is 7.70. The van der Waals surface area contributed by atoms with Crippen molar-refractivity contribution >= 4 is 0 Å². The summed E-state index contributed by atoms with van der Waals surface area (Å²) in [6.45, 7) is 5.46. The Labute approximate surface area is 121 Å². The van der Waals surface area contributed by atoms with Crippen molar-refractivity contribution in [3.63, 3.8) is 0 Å². The van der Waals surface area contributed by atoms with E-state index in [4.69, 9.17) is 0 Å². The molecule has 0 saturated heterocycles. The van der Waals surface area contributed by atoms with Gasteiger partial charge in [-0.05, 0) is 61.8 Å². The number of halogens is 1. The average Bonchev–Trinajstić information content (AvgIpc) is 2.42. The lowest BCUT2D eigenvalue weighted by molar-refractivity contribution is -0.00882. The number of aliphatic hydroxyl groups is 1. The SMILES string of the molecule is CCC1CCC(O)(CNCc2ccc(F)cc2C)CC1. The van der Waals surface area contributed by atoms with Crippen molar-refractivity contribution in [1.82, 2.24) is 5.32 Å². The number of benzene rings is 1. The van der Waals surface area contributed by atoms with Crippen LogP contribution in [0.5, 0.6) is 0 Å². The van der Waals surface area contributed by atoms with Gasteiger partial charge in [-0.15, -0.1) is 0 Å². The molecule has 1 saturated carbocycles. The van der Waals surface area contributed by atoms with E-state index in [9.17, 15) is 9.50 Å². The fourth-order valence-electron chi connectivity index (χ4n) is 3.09. The highest BCUT2D eigenvalue weighted by Gasteiger charge is 2.32. The molecule has 1 fully saturated rings. The summed E-state index contributed by atoms with van der Waals surface area (Å²) in [5.74, 6) is 0.595. The molecule has 0 heterocycles. The highest BCUT2D eigenvalue weighted by Crippen LogP contribution is 2.33. The standard InChI is InChI=1S/C17H26FNO/c1-3-14-6-8-17(20,9-7-14)12-19-11-15-4-5-16(18)10-13(15)2/h4-5,10,14,19-20H,3,6-9,11-12H2,1-2H3. The molecule has 1 aliphatic rings. The molecule has 2 N–H and O–H groups in total. The zero-order chi connectivity index (χ0) is 14.6. The Morgan fingerprint density at radius 3 is 2.65 bits per heavy atom. The summed E-state index contributed by atoms with van der Waals surface area (Å²) in [4.78, 5) is 0. The van der Waals surface area contributed by atoms with Gasteiger partial charge in [-0.25, -0.2) is 4.39 Å². The normalized spacial score (nSPS) is 26.7. The summed E-state index contributed by atoms with van der Waals surface area (Å²) < 4.78 is 13.0. The van der Waals surface area contributed by atoms with Crippen LogP contribution < -0.4 is 5.32 Å². The Morgan fingerprint density at radius 1 is 1.35 bits per heavy atom. The molecule has 0 unspecified atom stereocenters. The van der Waals surface area contributed by atoms with Crippen molar-refractivity contribution in [2.75, 3.05) is 6.54 Å². The molecule has 0 aromatic heterocycles. The summed E-state index contributed by atoms with van der Waals surface area (Å²) in [5, 5.41) is 13.9. The van der Waals surface area contributed by atoms with E-state index < -0.39 is 5.60 Å². The third-order valence-electron chi connectivity index (χ3n) is 4.69. The summed E-state index contributed by atoms with van der Waals surface area (Å²) in [5.41, 5.74) is 1.50. The molecule has 3 heteroatoms. The van der Waals surface area contributed by atoms with Gasteiger partial charge in [-0.1, -0.05) is 19.4 Å². The van der Waals surface area contributed by atoms with E-state index in [0.29, 0.717) is 13.1 Å². The van der Waals surface area contributed by atoms with Crippen molar-refractivity contribution < 1.29 is 9.50 Å². The first kappa shape index (κ1) is 15.5. The van der Waals surface area contributed by atoms with E-state index in [1.165, 1.54) is 12.5 Å². The smallest absolute Gasteiger partial charge is 0.123 e. The largest absolute Gasteiger partial charge is 0.389 e. The topological polar surface area (TPSA) is 32.3 Å². The molecule has 0 spiro atoms. The van der Waals surface area contributed by atoms with Gasteiger partial charge < -0.3 is 10.4 Å². The molecule has 1 aliphatic carbocycles. The Bertz CT molecular complexity index is 439. The molecule has 20 heavy (non-hydrogen) atoms. The lowest BCUT2D eigenvalue weighted by Crippen LogP contribution is -2.43. The van der Waals surface area contributed by atoms with Crippen LogP contribution in [0.2, 0.25) is 0 Å². The predicted octanol–water partition coefficient (Wildman–Crippen LogP) is 3.56. The van der Waals surface area contributed by atoms with Crippen molar-refractivity contribution in [2.45, 2.75) is 58.1 Å². The van der Waals surface area contributed by atoms with Crippen LogP contribution in [0.15, 0.2) is 18.2 Å². The van der Waals surface area contributed by atoms with Crippen LogP contribution in [0.25, 0.3) is 0 Å². The molecule has 0 aliphatic heterocycles. The van der Waals surface area contributed by atoms with E-state index in [2.05, 4.69) is 12.2 Å². The van der Waals surface area contributed by atoms with Gasteiger partial charge in [-0.3, -0.25) is 0 Å². The monoisotopic (exact) mass is 279 g/mol. The maximum atomic E-state index is 13.0. The minimum Gasteiger partial charge on any atom is -0.389 e. The molecule has 1 aromatic rings. The number of hydrogen-bond donors (Lipinski definition) is 2. The Hall–Kier alpha value is -0.930. The highest BCUT2D eigenvalue weighted by molar-refractivity contribution is 5.26. The Kier molecular flexibility index (Phi) is 5.17. The summed E-state index contributed by atoms with van der Waals surface area (Å²) in [6.07, 6.45) is 5.26. The minimum atomic E-state index is -0.556. The molecular weight excluding hydrogens is 253 g/mol. The van der Waals surface area contributed by atoms with E-state index in [-0.39, 0.29) is 5.82 Å². The molecule has 0 radical (unpaired) electrons. The third kappa shape index (κ3) is 4.03. The maximum Gasteiger partial charge on any atom is 0.123 e. The summed E-state index contributed by atoms with van der Waals surface area (Å²) in [7, 11) is 0. The van der Waals surface area contributed by atoms with Crippen molar-refractivity contribution in [2.24, 2.45) is 5.92 Å². The summed E-state index contributed by atoms with van der Waals surface area (Å²) in [6, 6.07) is 4.86. The van der Waals surface area contributed by atoms with E-state index in [1.807, 2.05) is 13.0 Å². The van der Waals surface area contributed by atoms with Gasteiger partial charge in [0.1, 0.15) is 5.82 Å². The number of aryl methyl sites for hydroxylation is 1. The third-order valence-corrected chi connectivity index (χ3v) is 4.69. The zero-order valence-corrected chi connectivity index (χ0v) is 12.6. The first-order valence-electron chi connectivity index (χ1n) is 7.70. The Morgan fingerprint density at radius 2 is 2.05 bits per heavy atom. The summed E-state index contributed by atoms with van der Waals surface area (Å²) >= 11 is 0. The molecule has 0 amide bonds. The fraction of sp³-hybridized carbons (Fsp3) is 0.647. The van der Waals surface area contributed by atoms with Crippen molar-refractivity contribution in [3.05, 3.63) is 35.1 Å². The van der Waals surface area contributed by atoms with Crippen LogP contribution in [0.4, 0.5) is 4.39 Å². The van der Waals surface area contributed by atoms with Crippen LogP contribution in [-0.4, -0.2) is 17.3 Å².